The Morgan fingerprint density at radius 1 is 1.18 bits per heavy atom. The van der Waals surface area contributed by atoms with Crippen LogP contribution in [-0.4, -0.2) is 23.0 Å². The smallest absolute Gasteiger partial charge is 0.259 e. The number of amides is 1. The second kappa shape index (κ2) is 6.13. The summed E-state index contributed by atoms with van der Waals surface area (Å²) in [4.78, 5) is 19.6. The molecular weight excluding hydrogens is 278 g/mol. The Kier molecular flexibility index (Phi) is 3.87. The van der Waals surface area contributed by atoms with Gasteiger partial charge in [0.05, 0.1) is 12.7 Å². The van der Waals surface area contributed by atoms with Crippen LogP contribution in [0.25, 0.3) is 11.4 Å². The van der Waals surface area contributed by atoms with Gasteiger partial charge in [-0.1, -0.05) is 24.3 Å². The summed E-state index contributed by atoms with van der Waals surface area (Å²) in [5.41, 5.74) is 2.10. The number of hydrogen-bond donors (Lipinski definition) is 2. The number of carbonyl (C=O) groups is 1. The normalized spacial score (nSPS) is 10.2. The van der Waals surface area contributed by atoms with Crippen molar-refractivity contribution in [2.24, 2.45) is 0 Å². The van der Waals surface area contributed by atoms with Crippen molar-refractivity contribution >= 4 is 11.6 Å². The number of para-hydroxylation sites is 1. The summed E-state index contributed by atoms with van der Waals surface area (Å²) in [5, 5.41) is 2.87. The summed E-state index contributed by atoms with van der Waals surface area (Å²) in [7, 11) is 1.55. The fourth-order valence-corrected chi connectivity index (χ4v) is 2.20. The zero-order valence-electron chi connectivity index (χ0n) is 12.0. The summed E-state index contributed by atoms with van der Waals surface area (Å²) >= 11 is 0. The van der Waals surface area contributed by atoms with E-state index in [9.17, 15) is 4.79 Å². The van der Waals surface area contributed by atoms with Crippen LogP contribution in [0.1, 0.15) is 10.4 Å². The third kappa shape index (κ3) is 2.83. The lowest BCUT2D eigenvalue weighted by molar-refractivity contribution is 0.102. The molecule has 0 aliphatic heterocycles. The van der Waals surface area contributed by atoms with E-state index in [1.54, 1.807) is 37.7 Å². The molecule has 1 aromatic heterocycles. The van der Waals surface area contributed by atoms with E-state index in [1.807, 2.05) is 30.3 Å². The van der Waals surface area contributed by atoms with Gasteiger partial charge < -0.3 is 15.0 Å². The van der Waals surface area contributed by atoms with E-state index in [4.69, 9.17) is 4.74 Å². The number of imidazole rings is 1. The minimum atomic E-state index is -0.214. The molecule has 5 heteroatoms. The number of hydrogen-bond acceptors (Lipinski definition) is 3. The number of nitrogens with zero attached hydrogens (tertiary/aromatic N) is 1. The molecule has 0 aliphatic rings. The maximum atomic E-state index is 12.4. The molecule has 1 amide bonds. The molecule has 0 unspecified atom stereocenters. The average molecular weight is 293 g/mol. The molecule has 22 heavy (non-hydrogen) atoms. The van der Waals surface area contributed by atoms with Crippen molar-refractivity contribution in [3.05, 3.63) is 66.5 Å². The van der Waals surface area contributed by atoms with E-state index >= 15 is 0 Å². The van der Waals surface area contributed by atoms with Gasteiger partial charge in [0.1, 0.15) is 11.6 Å². The lowest BCUT2D eigenvalue weighted by Gasteiger charge is -2.09. The van der Waals surface area contributed by atoms with Gasteiger partial charge in [-0.2, -0.15) is 0 Å². The van der Waals surface area contributed by atoms with Crippen molar-refractivity contribution < 1.29 is 9.53 Å². The Hall–Kier alpha value is -3.08. The van der Waals surface area contributed by atoms with Crippen LogP contribution >= 0.6 is 0 Å². The van der Waals surface area contributed by atoms with Gasteiger partial charge in [-0.25, -0.2) is 4.98 Å². The van der Waals surface area contributed by atoms with E-state index in [0.29, 0.717) is 17.0 Å². The summed E-state index contributed by atoms with van der Waals surface area (Å²) in [6.45, 7) is 0. The van der Waals surface area contributed by atoms with E-state index in [0.717, 1.165) is 11.4 Å². The highest BCUT2D eigenvalue weighted by Gasteiger charge is 2.12. The van der Waals surface area contributed by atoms with Gasteiger partial charge >= 0.3 is 0 Å². The Labute approximate surface area is 128 Å². The topological polar surface area (TPSA) is 67.0 Å². The second-order valence-corrected chi connectivity index (χ2v) is 4.67. The molecule has 110 valence electrons. The fourth-order valence-electron chi connectivity index (χ4n) is 2.20. The first-order valence-electron chi connectivity index (χ1n) is 6.82. The number of aromatic nitrogens is 2. The first-order valence-corrected chi connectivity index (χ1v) is 6.82. The fraction of sp³-hybridized carbons (Fsp3) is 0.0588. The minimum Gasteiger partial charge on any atom is -0.496 e. The van der Waals surface area contributed by atoms with Crippen LogP contribution < -0.4 is 10.1 Å². The van der Waals surface area contributed by atoms with E-state index < -0.39 is 0 Å². The van der Waals surface area contributed by atoms with Gasteiger partial charge in [-0.3, -0.25) is 4.79 Å². The molecular formula is C17H15N3O2. The predicted octanol–water partition coefficient (Wildman–Crippen LogP) is 3.34. The number of carbonyl (C=O) groups excluding carboxylic acids is 1. The largest absolute Gasteiger partial charge is 0.496 e. The lowest BCUT2D eigenvalue weighted by atomic mass is 10.1. The quantitative estimate of drug-likeness (QED) is 0.775. The molecule has 0 fully saturated rings. The molecule has 0 bridgehead atoms. The Balaban J connectivity index is 1.84. The van der Waals surface area contributed by atoms with E-state index in [-0.39, 0.29) is 5.91 Å². The van der Waals surface area contributed by atoms with Crippen molar-refractivity contribution in [3.8, 4) is 17.1 Å². The number of H-pyrrole nitrogens is 1. The zero-order valence-corrected chi connectivity index (χ0v) is 12.0. The molecule has 3 aromatic rings. The highest BCUT2D eigenvalue weighted by molar-refractivity contribution is 6.06. The minimum absolute atomic E-state index is 0.214. The number of benzene rings is 2. The van der Waals surface area contributed by atoms with Crippen LogP contribution in [0.4, 0.5) is 5.69 Å². The highest BCUT2D eigenvalue weighted by atomic mass is 16.5. The SMILES string of the molecule is COc1ccccc1C(=O)Nc1cccc(-c2ncc[nH]2)c1. The summed E-state index contributed by atoms with van der Waals surface area (Å²) in [5.74, 6) is 1.09. The van der Waals surface area contributed by atoms with Crippen LogP contribution in [0.3, 0.4) is 0 Å². The molecule has 5 nitrogen and oxygen atoms in total. The Morgan fingerprint density at radius 3 is 2.82 bits per heavy atom. The van der Waals surface area contributed by atoms with Crippen molar-refractivity contribution in [1.82, 2.24) is 9.97 Å². The van der Waals surface area contributed by atoms with Crippen molar-refractivity contribution in [2.75, 3.05) is 12.4 Å². The zero-order chi connectivity index (χ0) is 15.4. The van der Waals surface area contributed by atoms with Gasteiger partial charge in [-0.05, 0) is 24.3 Å². The molecule has 1 heterocycles. The summed E-state index contributed by atoms with van der Waals surface area (Å²) in [6, 6.07) is 14.6. The molecule has 0 spiro atoms. The van der Waals surface area contributed by atoms with Crippen molar-refractivity contribution in [2.45, 2.75) is 0 Å². The number of ether oxygens (including phenoxy) is 1. The molecule has 2 aromatic carbocycles. The van der Waals surface area contributed by atoms with Crippen LogP contribution in [0.15, 0.2) is 60.9 Å². The first kappa shape index (κ1) is 13.9. The monoisotopic (exact) mass is 293 g/mol. The summed E-state index contributed by atoms with van der Waals surface area (Å²) in [6.07, 6.45) is 3.45. The number of methoxy groups -OCH3 is 1. The van der Waals surface area contributed by atoms with Crippen molar-refractivity contribution in [3.63, 3.8) is 0 Å². The van der Waals surface area contributed by atoms with Gasteiger partial charge in [0.25, 0.3) is 5.91 Å². The number of nitrogens with one attached hydrogen (secondary N) is 2. The molecule has 0 saturated heterocycles. The molecule has 2 N–H and O–H groups in total. The molecule has 0 aliphatic carbocycles. The predicted molar refractivity (Wildman–Crippen MR) is 85.0 cm³/mol. The molecule has 3 rings (SSSR count). The number of anilines is 1. The maximum absolute atomic E-state index is 12.4. The van der Waals surface area contributed by atoms with Crippen LogP contribution in [0.5, 0.6) is 5.75 Å². The number of rotatable bonds is 4. The molecule has 0 atom stereocenters. The first-order chi connectivity index (χ1) is 10.8. The van der Waals surface area contributed by atoms with E-state index in [1.165, 1.54) is 0 Å². The van der Waals surface area contributed by atoms with Crippen LogP contribution in [0, 0.1) is 0 Å². The van der Waals surface area contributed by atoms with Gasteiger partial charge in [0.15, 0.2) is 0 Å². The van der Waals surface area contributed by atoms with Gasteiger partial charge in [0.2, 0.25) is 0 Å². The van der Waals surface area contributed by atoms with Crippen molar-refractivity contribution in [1.29, 1.82) is 0 Å². The highest BCUT2D eigenvalue weighted by Crippen LogP contribution is 2.22. The second-order valence-electron chi connectivity index (χ2n) is 4.67. The van der Waals surface area contributed by atoms with Gasteiger partial charge in [0, 0.05) is 23.6 Å². The Bertz CT molecular complexity index is 782. The van der Waals surface area contributed by atoms with Gasteiger partial charge in [-0.15, -0.1) is 0 Å². The molecule has 0 radical (unpaired) electrons. The van der Waals surface area contributed by atoms with E-state index in [2.05, 4.69) is 15.3 Å². The Morgan fingerprint density at radius 2 is 2.05 bits per heavy atom. The third-order valence-electron chi connectivity index (χ3n) is 3.24. The maximum Gasteiger partial charge on any atom is 0.259 e. The third-order valence-corrected chi connectivity index (χ3v) is 3.24. The van der Waals surface area contributed by atoms with Crippen LogP contribution in [-0.2, 0) is 0 Å². The standard InChI is InChI=1S/C17H15N3O2/c1-22-15-8-3-2-7-14(15)17(21)20-13-6-4-5-12(11-13)16-18-9-10-19-16/h2-11H,1H3,(H,18,19)(H,20,21). The molecule has 0 saturated carbocycles. The van der Waals surface area contributed by atoms with Crippen LogP contribution in [0.2, 0.25) is 0 Å². The average Bonchev–Trinajstić information content (AvgIpc) is 3.09. The number of aromatic amines is 1. The lowest BCUT2D eigenvalue weighted by Crippen LogP contribution is -2.13. The summed E-state index contributed by atoms with van der Waals surface area (Å²) < 4.78 is 5.21.